The van der Waals surface area contributed by atoms with Crippen molar-refractivity contribution in [2.75, 3.05) is 12.4 Å². The van der Waals surface area contributed by atoms with Gasteiger partial charge in [0.05, 0.1) is 0 Å². The molecule has 0 radical (unpaired) electrons. The summed E-state index contributed by atoms with van der Waals surface area (Å²) in [6.45, 7) is 3.53. The van der Waals surface area contributed by atoms with Crippen LogP contribution in [0.5, 0.6) is 0 Å². The number of aryl methyl sites for hydroxylation is 1. The van der Waals surface area contributed by atoms with Crippen molar-refractivity contribution in [3.8, 4) is 0 Å². The first-order valence-electron chi connectivity index (χ1n) is 6.45. The summed E-state index contributed by atoms with van der Waals surface area (Å²) in [5.41, 5.74) is 2.61. The highest BCUT2D eigenvalue weighted by molar-refractivity contribution is 6.03. The molecule has 4 nitrogen and oxygen atoms in total. The second-order valence-electron chi connectivity index (χ2n) is 4.32. The van der Waals surface area contributed by atoms with E-state index in [0.717, 1.165) is 24.3 Å². The van der Waals surface area contributed by atoms with Crippen LogP contribution in [-0.2, 0) is 13.1 Å². The van der Waals surface area contributed by atoms with E-state index in [1.165, 1.54) is 0 Å². The highest BCUT2D eigenvalue weighted by atomic mass is 16.1. The summed E-state index contributed by atoms with van der Waals surface area (Å²) in [6, 6.07) is 11.5. The summed E-state index contributed by atoms with van der Waals surface area (Å²) in [7, 11) is 1.89. The van der Waals surface area contributed by atoms with Crippen LogP contribution in [0, 0.1) is 0 Å². The van der Waals surface area contributed by atoms with E-state index in [4.69, 9.17) is 0 Å². The first-order valence-corrected chi connectivity index (χ1v) is 6.45. The van der Waals surface area contributed by atoms with Crippen LogP contribution in [0.15, 0.2) is 42.6 Å². The number of hydrogen-bond acceptors (Lipinski definition) is 2. The zero-order valence-corrected chi connectivity index (χ0v) is 11.3. The lowest BCUT2D eigenvalue weighted by molar-refractivity contribution is 0.101. The smallest absolute Gasteiger partial charge is 0.272 e. The number of amides is 1. The molecule has 1 heterocycles. The molecular formula is C15H19N3O. The Balaban J connectivity index is 2.19. The van der Waals surface area contributed by atoms with Crippen LogP contribution in [0.4, 0.5) is 5.69 Å². The third-order valence-corrected chi connectivity index (χ3v) is 3.04. The molecule has 1 aromatic heterocycles. The summed E-state index contributed by atoms with van der Waals surface area (Å²) in [4.78, 5) is 12.3. The molecule has 2 N–H and O–H groups in total. The van der Waals surface area contributed by atoms with Crippen LogP contribution in [0.3, 0.4) is 0 Å². The molecule has 100 valence electrons. The van der Waals surface area contributed by atoms with Crippen molar-refractivity contribution in [2.24, 2.45) is 0 Å². The van der Waals surface area contributed by atoms with Crippen LogP contribution in [0.1, 0.15) is 23.0 Å². The fourth-order valence-electron chi connectivity index (χ4n) is 2.07. The molecule has 0 fully saturated rings. The monoisotopic (exact) mass is 257 g/mol. The number of nitrogens with zero attached hydrogens (tertiary/aromatic N) is 1. The second kappa shape index (κ2) is 6.20. The maximum atomic E-state index is 12.3. The zero-order valence-electron chi connectivity index (χ0n) is 11.3. The van der Waals surface area contributed by atoms with E-state index in [2.05, 4.69) is 10.6 Å². The first kappa shape index (κ1) is 13.4. The highest BCUT2D eigenvalue weighted by Crippen LogP contribution is 2.16. The van der Waals surface area contributed by atoms with Crippen LogP contribution in [0.25, 0.3) is 0 Å². The third-order valence-electron chi connectivity index (χ3n) is 3.04. The van der Waals surface area contributed by atoms with E-state index >= 15 is 0 Å². The largest absolute Gasteiger partial charge is 0.344 e. The minimum absolute atomic E-state index is 0.0737. The Hall–Kier alpha value is -2.07. The van der Waals surface area contributed by atoms with Crippen LogP contribution < -0.4 is 10.6 Å². The van der Waals surface area contributed by atoms with Gasteiger partial charge < -0.3 is 15.2 Å². The average molecular weight is 257 g/mol. The predicted molar refractivity (Wildman–Crippen MR) is 77.3 cm³/mol. The van der Waals surface area contributed by atoms with Gasteiger partial charge in [-0.25, -0.2) is 0 Å². The third kappa shape index (κ3) is 3.03. The van der Waals surface area contributed by atoms with Gasteiger partial charge in [-0.2, -0.15) is 0 Å². The molecule has 0 spiro atoms. The Morgan fingerprint density at radius 3 is 2.74 bits per heavy atom. The van der Waals surface area contributed by atoms with Crippen molar-refractivity contribution in [3.05, 3.63) is 53.9 Å². The quantitative estimate of drug-likeness (QED) is 0.864. The molecule has 0 aliphatic carbocycles. The number of carbonyl (C=O) groups is 1. The summed E-state index contributed by atoms with van der Waals surface area (Å²) in [6.07, 6.45) is 1.91. The second-order valence-corrected chi connectivity index (χ2v) is 4.32. The molecule has 2 aromatic rings. The van der Waals surface area contributed by atoms with E-state index in [0.29, 0.717) is 5.69 Å². The van der Waals surface area contributed by atoms with E-state index in [1.807, 2.05) is 61.1 Å². The first-order chi connectivity index (χ1) is 9.26. The van der Waals surface area contributed by atoms with Crippen molar-refractivity contribution in [3.63, 3.8) is 0 Å². The lowest BCUT2D eigenvalue weighted by atomic mass is 10.1. The molecule has 0 aliphatic rings. The van der Waals surface area contributed by atoms with Crippen molar-refractivity contribution in [1.29, 1.82) is 0 Å². The Labute approximate surface area is 113 Å². The summed E-state index contributed by atoms with van der Waals surface area (Å²) in [5.74, 6) is -0.0737. The molecule has 0 saturated heterocycles. The topological polar surface area (TPSA) is 46.1 Å². The van der Waals surface area contributed by atoms with E-state index in [-0.39, 0.29) is 5.91 Å². The number of anilines is 1. The molecule has 0 unspecified atom stereocenters. The number of nitrogens with one attached hydrogen (secondary N) is 2. The summed E-state index contributed by atoms with van der Waals surface area (Å²) < 4.78 is 1.93. The predicted octanol–water partition coefficient (Wildman–Crippen LogP) is 2.48. The fourth-order valence-corrected chi connectivity index (χ4v) is 2.07. The molecule has 1 amide bonds. The number of rotatable bonds is 5. The summed E-state index contributed by atoms with van der Waals surface area (Å²) in [5, 5.41) is 6.07. The number of aromatic nitrogens is 1. The van der Waals surface area contributed by atoms with Gasteiger partial charge in [0.25, 0.3) is 5.91 Å². The Morgan fingerprint density at radius 2 is 2.00 bits per heavy atom. The van der Waals surface area contributed by atoms with Crippen LogP contribution in [-0.4, -0.2) is 17.5 Å². The van der Waals surface area contributed by atoms with Crippen molar-refractivity contribution >= 4 is 11.6 Å². The van der Waals surface area contributed by atoms with Gasteiger partial charge in [-0.15, -0.1) is 0 Å². The van der Waals surface area contributed by atoms with Crippen molar-refractivity contribution < 1.29 is 4.79 Å². The van der Waals surface area contributed by atoms with E-state index in [9.17, 15) is 4.79 Å². The van der Waals surface area contributed by atoms with E-state index in [1.54, 1.807) is 0 Å². The molecule has 0 saturated carbocycles. The molecule has 0 aliphatic heterocycles. The minimum atomic E-state index is -0.0737. The normalized spacial score (nSPS) is 10.4. The highest BCUT2D eigenvalue weighted by Gasteiger charge is 2.11. The van der Waals surface area contributed by atoms with Gasteiger partial charge in [0.15, 0.2) is 0 Å². The average Bonchev–Trinajstić information content (AvgIpc) is 2.89. The molecule has 1 aromatic carbocycles. The van der Waals surface area contributed by atoms with Crippen LogP contribution >= 0.6 is 0 Å². The lowest BCUT2D eigenvalue weighted by Crippen LogP contribution is -2.18. The molecule has 0 atom stereocenters. The number of hydrogen-bond donors (Lipinski definition) is 2. The number of para-hydroxylation sites is 1. The van der Waals surface area contributed by atoms with Gasteiger partial charge in [0.1, 0.15) is 5.69 Å². The van der Waals surface area contributed by atoms with Crippen molar-refractivity contribution in [1.82, 2.24) is 9.88 Å². The molecule has 0 bridgehead atoms. The minimum Gasteiger partial charge on any atom is -0.344 e. The van der Waals surface area contributed by atoms with Gasteiger partial charge in [-0.1, -0.05) is 18.2 Å². The lowest BCUT2D eigenvalue weighted by Gasteiger charge is -2.11. The Bertz CT molecular complexity index is 560. The Kier molecular flexibility index (Phi) is 4.36. The summed E-state index contributed by atoms with van der Waals surface area (Å²) >= 11 is 0. The van der Waals surface area contributed by atoms with Gasteiger partial charge >= 0.3 is 0 Å². The van der Waals surface area contributed by atoms with E-state index < -0.39 is 0 Å². The van der Waals surface area contributed by atoms with Gasteiger partial charge in [-0.05, 0) is 37.7 Å². The number of carbonyl (C=O) groups excluding carboxylic acids is 1. The standard InChI is InChI=1S/C15H19N3O/c1-3-18-10-6-9-14(18)15(19)17-13-8-5-4-7-12(13)11-16-2/h4-10,16H,3,11H2,1-2H3,(H,17,19). The molecule has 2 rings (SSSR count). The molecule has 19 heavy (non-hydrogen) atoms. The maximum absolute atomic E-state index is 12.3. The van der Waals surface area contributed by atoms with Gasteiger partial charge in [-0.3, -0.25) is 4.79 Å². The Morgan fingerprint density at radius 1 is 1.21 bits per heavy atom. The van der Waals surface area contributed by atoms with Gasteiger partial charge in [0, 0.05) is 25.0 Å². The van der Waals surface area contributed by atoms with Gasteiger partial charge in [0.2, 0.25) is 0 Å². The SMILES string of the molecule is CCn1cccc1C(=O)Nc1ccccc1CNC. The zero-order chi connectivity index (χ0) is 13.7. The fraction of sp³-hybridized carbons (Fsp3) is 0.267. The maximum Gasteiger partial charge on any atom is 0.272 e. The van der Waals surface area contributed by atoms with Crippen molar-refractivity contribution in [2.45, 2.75) is 20.0 Å². The molecular weight excluding hydrogens is 238 g/mol. The number of benzene rings is 1. The molecule has 4 heteroatoms. The van der Waals surface area contributed by atoms with Crippen LogP contribution in [0.2, 0.25) is 0 Å².